The van der Waals surface area contributed by atoms with E-state index in [1.807, 2.05) is 25.2 Å². The Balaban J connectivity index is 1.93. The number of hydrogen-bond acceptors (Lipinski definition) is 5. The second kappa shape index (κ2) is 7.71. The van der Waals surface area contributed by atoms with Crippen LogP contribution in [0.4, 0.5) is 0 Å². The number of aliphatic hydroxyl groups is 1. The first kappa shape index (κ1) is 16.9. The molecule has 1 fully saturated rings. The van der Waals surface area contributed by atoms with Gasteiger partial charge in [-0.15, -0.1) is 0 Å². The molecule has 0 radical (unpaired) electrons. The van der Waals surface area contributed by atoms with E-state index in [0.29, 0.717) is 19.7 Å². The summed E-state index contributed by atoms with van der Waals surface area (Å²) < 4.78 is 6.74. The lowest BCUT2D eigenvalue weighted by atomic mass is 9.75. The molecule has 0 spiro atoms. The third kappa shape index (κ3) is 4.53. The summed E-state index contributed by atoms with van der Waals surface area (Å²) in [5, 5.41) is 16.8. The van der Waals surface area contributed by atoms with Gasteiger partial charge in [0.1, 0.15) is 0 Å². The fourth-order valence-corrected chi connectivity index (χ4v) is 2.77. The Morgan fingerprint density at radius 3 is 2.91 bits per heavy atom. The van der Waals surface area contributed by atoms with Gasteiger partial charge in [0.05, 0.1) is 31.5 Å². The molecule has 7 nitrogen and oxygen atoms in total. The van der Waals surface area contributed by atoms with Crippen LogP contribution in [-0.2, 0) is 16.6 Å². The highest BCUT2D eigenvalue weighted by atomic mass is 16.5. The molecule has 0 aliphatic heterocycles. The summed E-state index contributed by atoms with van der Waals surface area (Å²) in [6, 6.07) is -0.0829. The zero-order chi connectivity index (χ0) is 16.1. The molecular weight excluding hydrogens is 284 g/mol. The molecule has 2 rings (SSSR count). The summed E-state index contributed by atoms with van der Waals surface area (Å²) in [5.74, 6) is 0.251. The van der Waals surface area contributed by atoms with Crippen molar-refractivity contribution in [2.45, 2.75) is 25.0 Å². The molecule has 0 saturated heterocycles. The highest BCUT2D eigenvalue weighted by molar-refractivity contribution is 5.78. The lowest BCUT2D eigenvalue weighted by Gasteiger charge is -2.37. The van der Waals surface area contributed by atoms with Gasteiger partial charge >= 0.3 is 0 Å². The fraction of sp³-hybridized carbons (Fsp3) is 0.733. The van der Waals surface area contributed by atoms with Gasteiger partial charge in [0.25, 0.3) is 0 Å². The van der Waals surface area contributed by atoms with Crippen molar-refractivity contribution in [1.82, 2.24) is 20.0 Å². The molecule has 1 atom stereocenters. The third-order valence-corrected chi connectivity index (χ3v) is 4.11. The number of amides is 1. The van der Waals surface area contributed by atoms with Crippen LogP contribution in [0.3, 0.4) is 0 Å². The number of carbonyl (C=O) groups is 1. The van der Waals surface area contributed by atoms with Gasteiger partial charge in [-0.25, -0.2) is 0 Å². The van der Waals surface area contributed by atoms with Crippen molar-refractivity contribution >= 4 is 5.91 Å². The number of carbonyl (C=O) groups excluding carboxylic acids is 1. The first-order valence-electron chi connectivity index (χ1n) is 7.63. The average Bonchev–Trinajstić information content (AvgIpc) is 2.86. The molecular formula is C15H26N4O3. The highest BCUT2D eigenvalue weighted by Crippen LogP contribution is 2.37. The van der Waals surface area contributed by atoms with Crippen molar-refractivity contribution in [2.24, 2.45) is 13.0 Å². The molecule has 1 aromatic heterocycles. The van der Waals surface area contributed by atoms with E-state index >= 15 is 0 Å². The summed E-state index contributed by atoms with van der Waals surface area (Å²) in [7, 11) is 5.40. The van der Waals surface area contributed by atoms with Gasteiger partial charge in [0.2, 0.25) is 5.91 Å². The summed E-state index contributed by atoms with van der Waals surface area (Å²) in [5.41, 5.74) is 0.993. The van der Waals surface area contributed by atoms with Crippen LogP contribution in [0.1, 0.15) is 24.4 Å². The van der Waals surface area contributed by atoms with E-state index in [-0.39, 0.29) is 24.0 Å². The number of rotatable bonds is 8. The average molecular weight is 310 g/mol. The predicted octanol–water partition coefficient (Wildman–Crippen LogP) is -0.0735. The molecule has 1 saturated carbocycles. The number of ether oxygens (including phenoxy) is 1. The molecule has 124 valence electrons. The molecule has 1 aliphatic rings. The van der Waals surface area contributed by atoms with Crippen molar-refractivity contribution in [3.63, 3.8) is 0 Å². The molecule has 0 aromatic carbocycles. The Labute approximate surface area is 131 Å². The summed E-state index contributed by atoms with van der Waals surface area (Å²) in [6.45, 7) is 1.64. The number of nitrogens with one attached hydrogen (secondary N) is 1. The van der Waals surface area contributed by atoms with Gasteiger partial charge in [-0.1, -0.05) is 0 Å². The number of aryl methyl sites for hydroxylation is 1. The number of nitrogens with zero attached hydrogens (tertiary/aromatic N) is 3. The van der Waals surface area contributed by atoms with Crippen LogP contribution in [0.25, 0.3) is 0 Å². The number of hydrogen-bond donors (Lipinski definition) is 2. The normalized spacial score (nSPS) is 22.4. The summed E-state index contributed by atoms with van der Waals surface area (Å²) >= 11 is 0. The van der Waals surface area contributed by atoms with E-state index in [1.54, 1.807) is 18.0 Å². The lowest BCUT2D eigenvalue weighted by Crippen LogP contribution is -2.44. The molecule has 22 heavy (non-hydrogen) atoms. The first-order valence-corrected chi connectivity index (χ1v) is 7.63. The van der Waals surface area contributed by atoms with Gasteiger partial charge in [-0.2, -0.15) is 5.10 Å². The van der Waals surface area contributed by atoms with Gasteiger partial charge in [-0.05, 0) is 25.8 Å². The Bertz CT molecular complexity index is 485. The Morgan fingerprint density at radius 1 is 1.64 bits per heavy atom. The van der Waals surface area contributed by atoms with E-state index in [4.69, 9.17) is 4.74 Å². The number of aliphatic hydroxyl groups excluding tert-OH is 1. The van der Waals surface area contributed by atoms with Crippen LogP contribution in [0.5, 0.6) is 0 Å². The second-order valence-electron chi connectivity index (χ2n) is 6.11. The fourth-order valence-electron chi connectivity index (χ4n) is 2.77. The van der Waals surface area contributed by atoms with Crippen molar-refractivity contribution in [3.05, 3.63) is 18.0 Å². The smallest absolute Gasteiger partial charge is 0.234 e. The molecule has 0 bridgehead atoms. The highest BCUT2D eigenvalue weighted by Gasteiger charge is 2.36. The molecule has 1 amide bonds. The lowest BCUT2D eigenvalue weighted by molar-refractivity contribution is -0.124. The van der Waals surface area contributed by atoms with Crippen LogP contribution < -0.4 is 5.32 Å². The molecule has 0 unspecified atom stereocenters. The first-order chi connectivity index (χ1) is 10.5. The molecule has 1 aliphatic carbocycles. The maximum absolute atomic E-state index is 12.2. The zero-order valence-electron chi connectivity index (χ0n) is 13.5. The van der Waals surface area contributed by atoms with Crippen molar-refractivity contribution < 1.29 is 14.6 Å². The minimum absolute atomic E-state index is 0.0196. The van der Waals surface area contributed by atoms with Gasteiger partial charge in [0, 0.05) is 32.5 Å². The number of aromatic nitrogens is 2. The maximum Gasteiger partial charge on any atom is 0.234 e. The zero-order valence-corrected chi connectivity index (χ0v) is 13.5. The van der Waals surface area contributed by atoms with Gasteiger partial charge in [0.15, 0.2) is 0 Å². The Hall–Kier alpha value is -1.44. The minimum Gasteiger partial charge on any atom is -0.393 e. The molecule has 1 heterocycles. The summed E-state index contributed by atoms with van der Waals surface area (Å²) in [4.78, 5) is 14.2. The number of methoxy groups -OCH3 is 1. The van der Waals surface area contributed by atoms with E-state index in [2.05, 4.69) is 10.4 Å². The van der Waals surface area contributed by atoms with Crippen LogP contribution in [0.15, 0.2) is 12.4 Å². The topological polar surface area (TPSA) is 79.6 Å². The van der Waals surface area contributed by atoms with Crippen LogP contribution >= 0.6 is 0 Å². The quantitative estimate of drug-likeness (QED) is 0.702. The van der Waals surface area contributed by atoms with Crippen LogP contribution in [0.2, 0.25) is 0 Å². The molecule has 1 aromatic rings. The second-order valence-corrected chi connectivity index (χ2v) is 6.11. The van der Waals surface area contributed by atoms with Crippen molar-refractivity contribution in [3.8, 4) is 0 Å². The molecule has 7 heteroatoms. The number of likely N-dealkylation sites (N-methyl/N-ethyl adjacent to an activating group) is 1. The minimum atomic E-state index is -0.245. The van der Waals surface area contributed by atoms with Gasteiger partial charge < -0.3 is 15.2 Å². The van der Waals surface area contributed by atoms with E-state index < -0.39 is 0 Å². The SMILES string of the molecule is COCCN(C)CC(=O)N[C@@H](c1cnn(C)c1)C1CC(O)C1. The van der Waals surface area contributed by atoms with Crippen LogP contribution in [0, 0.1) is 5.92 Å². The van der Waals surface area contributed by atoms with Gasteiger partial charge in [-0.3, -0.25) is 14.4 Å². The Morgan fingerprint density at radius 2 is 2.36 bits per heavy atom. The van der Waals surface area contributed by atoms with E-state index in [0.717, 1.165) is 18.4 Å². The predicted molar refractivity (Wildman–Crippen MR) is 82.2 cm³/mol. The van der Waals surface area contributed by atoms with Crippen LogP contribution in [-0.4, -0.2) is 65.7 Å². The maximum atomic E-state index is 12.2. The largest absolute Gasteiger partial charge is 0.393 e. The third-order valence-electron chi connectivity index (χ3n) is 4.11. The van der Waals surface area contributed by atoms with Crippen molar-refractivity contribution in [2.75, 3.05) is 33.9 Å². The monoisotopic (exact) mass is 310 g/mol. The van der Waals surface area contributed by atoms with Crippen molar-refractivity contribution in [1.29, 1.82) is 0 Å². The van der Waals surface area contributed by atoms with E-state index in [9.17, 15) is 9.90 Å². The standard InChI is InChI=1S/C15H26N4O3/c1-18(4-5-22-3)10-14(21)17-15(11-6-13(20)7-11)12-8-16-19(2)9-12/h8-9,11,13,15,20H,4-7,10H2,1-3H3,(H,17,21)/t11?,13?,15-/m1/s1. The van der Waals surface area contributed by atoms with E-state index in [1.165, 1.54) is 0 Å². The Kier molecular flexibility index (Phi) is 5.93. The molecule has 2 N–H and O–H groups in total. The summed E-state index contributed by atoms with van der Waals surface area (Å²) in [6.07, 6.45) is 4.90.